The van der Waals surface area contributed by atoms with Crippen molar-refractivity contribution >= 4 is 0 Å². The zero-order valence-corrected chi connectivity index (χ0v) is 11.6. The molecular weight excluding hydrogens is 250 g/mol. The predicted molar refractivity (Wildman–Crippen MR) is 78.7 cm³/mol. The van der Waals surface area contributed by atoms with E-state index in [9.17, 15) is 5.11 Å². The van der Waals surface area contributed by atoms with Gasteiger partial charge in [0, 0.05) is 30.7 Å². The van der Waals surface area contributed by atoms with Crippen molar-refractivity contribution in [2.24, 2.45) is 0 Å². The summed E-state index contributed by atoms with van der Waals surface area (Å²) in [7, 11) is 0. The second-order valence-electron chi connectivity index (χ2n) is 5.52. The van der Waals surface area contributed by atoms with E-state index in [-0.39, 0.29) is 6.10 Å². The molecule has 106 valence electrons. The van der Waals surface area contributed by atoms with Crippen molar-refractivity contribution in [1.82, 2.24) is 14.9 Å². The second-order valence-corrected chi connectivity index (χ2v) is 5.52. The number of nitrogens with one attached hydrogen (secondary N) is 1. The molecular formula is C16H21N3O. The molecule has 4 nitrogen and oxygen atoms in total. The van der Waals surface area contributed by atoms with Gasteiger partial charge in [0.25, 0.3) is 0 Å². The molecule has 0 bridgehead atoms. The third-order valence-corrected chi connectivity index (χ3v) is 4.03. The Kier molecular flexibility index (Phi) is 4.14. The molecule has 1 heterocycles. The fourth-order valence-electron chi connectivity index (χ4n) is 2.74. The maximum atomic E-state index is 9.50. The molecule has 1 aliphatic rings. The van der Waals surface area contributed by atoms with Crippen molar-refractivity contribution in [3.8, 4) is 5.69 Å². The highest BCUT2D eigenvalue weighted by Gasteiger charge is 2.18. The maximum absolute atomic E-state index is 9.50. The lowest BCUT2D eigenvalue weighted by Gasteiger charge is -2.26. The van der Waals surface area contributed by atoms with E-state index in [1.165, 1.54) is 5.56 Å². The van der Waals surface area contributed by atoms with Crippen LogP contribution in [-0.4, -0.2) is 26.8 Å². The van der Waals surface area contributed by atoms with Crippen LogP contribution in [0.5, 0.6) is 0 Å². The van der Waals surface area contributed by atoms with Crippen LogP contribution >= 0.6 is 0 Å². The van der Waals surface area contributed by atoms with E-state index in [2.05, 4.69) is 34.6 Å². The van der Waals surface area contributed by atoms with Gasteiger partial charge < -0.3 is 15.0 Å². The van der Waals surface area contributed by atoms with Crippen LogP contribution in [-0.2, 0) is 6.54 Å². The van der Waals surface area contributed by atoms with Crippen LogP contribution in [0.15, 0.2) is 43.0 Å². The van der Waals surface area contributed by atoms with Gasteiger partial charge in [0.05, 0.1) is 12.4 Å². The highest BCUT2D eigenvalue weighted by atomic mass is 16.3. The van der Waals surface area contributed by atoms with Crippen LogP contribution in [0, 0.1) is 0 Å². The summed E-state index contributed by atoms with van der Waals surface area (Å²) in [4.78, 5) is 4.05. The van der Waals surface area contributed by atoms with Gasteiger partial charge in [0.1, 0.15) is 0 Å². The summed E-state index contributed by atoms with van der Waals surface area (Å²) in [5, 5.41) is 13.1. The first-order valence-corrected chi connectivity index (χ1v) is 7.30. The maximum Gasteiger partial charge on any atom is 0.0991 e. The van der Waals surface area contributed by atoms with Gasteiger partial charge in [-0.05, 0) is 43.4 Å². The summed E-state index contributed by atoms with van der Waals surface area (Å²) < 4.78 is 2.00. The molecule has 0 saturated heterocycles. The Labute approximate surface area is 119 Å². The molecule has 0 unspecified atom stereocenters. The molecule has 4 heteroatoms. The average Bonchev–Trinajstić information content (AvgIpc) is 3.01. The molecule has 20 heavy (non-hydrogen) atoms. The van der Waals surface area contributed by atoms with E-state index in [4.69, 9.17) is 0 Å². The van der Waals surface area contributed by atoms with Crippen molar-refractivity contribution in [1.29, 1.82) is 0 Å². The molecule has 2 aromatic rings. The first-order valence-electron chi connectivity index (χ1n) is 7.30. The topological polar surface area (TPSA) is 50.1 Å². The minimum Gasteiger partial charge on any atom is -0.393 e. The lowest BCUT2D eigenvalue weighted by Crippen LogP contribution is -2.34. The molecule has 3 rings (SSSR count). The predicted octanol–water partition coefficient (Wildman–Crippen LogP) is 2.27. The van der Waals surface area contributed by atoms with E-state index in [1.807, 2.05) is 10.8 Å². The lowest BCUT2D eigenvalue weighted by molar-refractivity contribution is 0.116. The minimum absolute atomic E-state index is 0.0810. The molecule has 0 amide bonds. The van der Waals surface area contributed by atoms with Crippen LogP contribution in [0.3, 0.4) is 0 Å². The Balaban J connectivity index is 1.53. The molecule has 0 atom stereocenters. The van der Waals surface area contributed by atoms with Gasteiger partial charge in [0.2, 0.25) is 0 Å². The molecule has 0 spiro atoms. The second kappa shape index (κ2) is 6.20. The van der Waals surface area contributed by atoms with Crippen LogP contribution in [0.4, 0.5) is 0 Å². The summed E-state index contributed by atoms with van der Waals surface area (Å²) in [5.41, 5.74) is 2.42. The molecule has 1 aliphatic carbocycles. The number of benzene rings is 1. The Morgan fingerprint density at radius 1 is 1.15 bits per heavy atom. The number of aliphatic hydroxyl groups is 1. The molecule has 1 aromatic carbocycles. The summed E-state index contributed by atoms with van der Waals surface area (Å²) >= 11 is 0. The number of rotatable bonds is 4. The summed E-state index contributed by atoms with van der Waals surface area (Å²) in [6.45, 7) is 0.894. The highest BCUT2D eigenvalue weighted by molar-refractivity contribution is 5.34. The Bertz CT molecular complexity index is 513. The summed E-state index contributed by atoms with van der Waals surface area (Å²) in [6, 6.07) is 9.08. The van der Waals surface area contributed by atoms with Gasteiger partial charge in [-0.1, -0.05) is 12.1 Å². The first-order chi connectivity index (χ1) is 9.81. The first kappa shape index (κ1) is 13.3. The standard InChI is InChI=1S/C16H21N3O/c20-16-7-3-14(4-8-16)18-11-13-1-5-15(6-2-13)19-10-9-17-12-19/h1-2,5-6,9-10,12,14,16,18,20H,3-4,7-8,11H2. The Morgan fingerprint density at radius 2 is 1.90 bits per heavy atom. The van der Waals surface area contributed by atoms with E-state index in [0.29, 0.717) is 6.04 Å². The molecule has 2 N–H and O–H groups in total. The number of aliphatic hydroxyl groups excluding tert-OH is 1. The smallest absolute Gasteiger partial charge is 0.0991 e. The molecule has 1 fully saturated rings. The third-order valence-electron chi connectivity index (χ3n) is 4.03. The van der Waals surface area contributed by atoms with Gasteiger partial charge in [-0.3, -0.25) is 0 Å². The lowest BCUT2D eigenvalue weighted by atomic mass is 9.93. The van der Waals surface area contributed by atoms with E-state index in [1.54, 1.807) is 12.5 Å². The SMILES string of the molecule is OC1CCC(NCc2ccc(-n3ccnc3)cc2)CC1. The van der Waals surface area contributed by atoms with E-state index < -0.39 is 0 Å². The van der Waals surface area contributed by atoms with E-state index in [0.717, 1.165) is 37.9 Å². The van der Waals surface area contributed by atoms with Crippen molar-refractivity contribution in [2.45, 2.75) is 44.4 Å². The van der Waals surface area contributed by atoms with Crippen LogP contribution < -0.4 is 5.32 Å². The number of aromatic nitrogens is 2. The highest BCUT2D eigenvalue weighted by Crippen LogP contribution is 2.19. The number of imidazole rings is 1. The molecule has 1 saturated carbocycles. The largest absolute Gasteiger partial charge is 0.393 e. The van der Waals surface area contributed by atoms with Crippen LogP contribution in [0.1, 0.15) is 31.2 Å². The monoisotopic (exact) mass is 271 g/mol. The fourth-order valence-corrected chi connectivity index (χ4v) is 2.74. The van der Waals surface area contributed by atoms with Crippen molar-refractivity contribution in [2.75, 3.05) is 0 Å². The number of nitrogens with zero attached hydrogens (tertiary/aromatic N) is 2. The van der Waals surface area contributed by atoms with E-state index >= 15 is 0 Å². The van der Waals surface area contributed by atoms with Gasteiger partial charge in [-0.15, -0.1) is 0 Å². The fraction of sp³-hybridized carbons (Fsp3) is 0.438. The van der Waals surface area contributed by atoms with Crippen LogP contribution in [0.25, 0.3) is 5.69 Å². The Morgan fingerprint density at radius 3 is 2.55 bits per heavy atom. The zero-order valence-electron chi connectivity index (χ0n) is 11.6. The number of hydrogen-bond donors (Lipinski definition) is 2. The summed E-state index contributed by atoms with van der Waals surface area (Å²) in [5.74, 6) is 0. The third kappa shape index (κ3) is 3.26. The normalized spacial score (nSPS) is 22.9. The van der Waals surface area contributed by atoms with Crippen molar-refractivity contribution < 1.29 is 5.11 Å². The van der Waals surface area contributed by atoms with Crippen LogP contribution in [0.2, 0.25) is 0 Å². The molecule has 1 aromatic heterocycles. The quantitative estimate of drug-likeness (QED) is 0.897. The van der Waals surface area contributed by atoms with Gasteiger partial charge in [-0.25, -0.2) is 4.98 Å². The molecule has 0 radical (unpaired) electrons. The average molecular weight is 271 g/mol. The van der Waals surface area contributed by atoms with Crippen molar-refractivity contribution in [3.05, 3.63) is 48.5 Å². The van der Waals surface area contributed by atoms with Gasteiger partial charge >= 0.3 is 0 Å². The Hall–Kier alpha value is -1.65. The summed E-state index contributed by atoms with van der Waals surface area (Å²) in [6.07, 6.45) is 9.47. The minimum atomic E-state index is -0.0810. The number of hydrogen-bond acceptors (Lipinski definition) is 3. The molecule has 0 aliphatic heterocycles. The zero-order chi connectivity index (χ0) is 13.8. The van der Waals surface area contributed by atoms with Gasteiger partial charge in [-0.2, -0.15) is 0 Å². The van der Waals surface area contributed by atoms with Gasteiger partial charge in [0.15, 0.2) is 0 Å². The van der Waals surface area contributed by atoms with Crippen molar-refractivity contribution in [3.63, 3.8) is 0 Å².